The van der Waals surface area contributed by atoms with Crippen LogP contribution in [0.25, 0.3) is 0 Å². The van der Waals surface area contributed by atoms with Crippen LogP contribution in [-0.4, -0.2) is 17.1 Å². The SMILES string of the molecule is CC(C)C[C@@H](NCc1ccc(F)cc1Br)C(=O)O. The summed E-state index contributed by atoms with van der Waals surface area (Å²) in [5.41, 5.74) is 0.839. The smallest absolute Gasteiger partial charge is 0.320 e. The summed E-state index contributed by atoms with van der Waals surface area (Å²) in [5.74, 6) is -0.875. The van der Waals surface area contributed by atoms with Crippen molar-refractivity contribution >= 4 is 21.9 Å². The molecule has 0 saturated carbocycles. The van der Waals surface area contributed by atoms with Gasteiger partial charge >= 0.3 is 5.97 Å². The lowest BCUT2D eigenvalue weighted by Gasteiger charge is -2.17. The van der Waals surface area contributed by atoms with E-state index in [9.17, 15) is 9.18 Å². The summed E-state index contributed by atoms with van der Waals surface area (Å²) in [6.45, 7) is 4.35. The molecule has 2 N–H and O–H groups in total. The van der Waals surface area contributed by atoms with Gasteiger partial charge in [0.15, 0.2) is 0 Å². The number of hydrogen-bond acceptors (Lipinski definition) is 2. The normalized spacial score (nSPS) is 12.7. The Bertz CT molecular complexity index is 423. The van der Waals surface area contributed by atoms with Gasteiger partial charge in [0.1, 0.15) is 11.9 Å². The van der Waals surface area contributed by atoms with Gasteiger partial charge in [-0.3, -0.25) is 4.79 Å². The van der Waals surface area contributed by atoms with Crippen LogP contribution in [0, 0.1) is 11.7 Å². The second-order valence-corrected chi connectivity index (χ2v) is 5.49. The Morgan fingerprint density at radius 2 is 2.17 bits per heavy atom. The van der Waals surface area contributed by atoms with Gasteiger partial charge in [0, 0.05) is 11.0 Å². The third-order valence-electron chi connectivity index (χ3n) is 2.56. The standard InChI is InChI=1S/C13H17BrFNO2/c1-8(2)5-12(13(17)18)16-7-9-3-4-10(15)6-11(9)14/h3-4,6,8,12,16H,5,7H2,1-2H3,(H,17,18)/t12-/m1/s1. The Labute approximate surface area is 115 Å². The van der Waals surface area contributed by atoms with E-state index in [0.717, 1.165) is 5.56 Å². The quantitative estimate of drug-likeness (QED) is 0.847. The van der Waals surface area contributed by atoms with Gasteiger partial charge in [0.2, 0.25) is 0 Å². The topological polar surface area (TPSA) is 49.3 Å². The number of benzene rings is 1. The molecule has 5 heteroatoms. The van der Waals surface area contributed by atoms with E-state index in [1.54, 1.807) is 6.07 Å². The number of rotatable bonds is 6. The average Bonchev–Trinajstić information content (AvgIpc) is 2.25. The maximum atomic E-state index is 12.9. The fraction of sp³-hybridized carbons (Fsp3) is 0.462. The Morgan fingerprint density at radius 1 is 1.50 bits per heavy atom. The number of carbonyl (C=O) groups is 1. The van der Waals surface area contributed by atoms with Crippen LogP contribution < -0.4 is 5.32 Å². The summed E-state index contributed by atoms with van der Waals surface area (Å²) in [6, 6.07) is 3.79. The molecule has 0 aliphatic rings. The molecule has 1 aromatic carbocycles. The molecule has 0 spiro atoms. The van der Waals surface area contributed by atoms with Crippen LogP contribution >= 0.6 is 15.9 Å². The van der Waals surface area contributed by atoms with Crippen molar-refractivity contribution in [2.75, 3.05) is 0 Å². The first kappa shape index (κ1) is 15.1. The Balaban J connectivity index is 2.64. The maximum absolute atomic E-state index is 12.9. The van der Waals surface area contributed by atoms with Gasteiger partial charge < -0.3 is 10.4 Å². The monoisotopic (exact) mass is 317 g/mol. The minimum Gasteiger partial charge on any atom is -0.480 e. The zero-order valence-corrected chi connectivity index (χ0v) is 12.0. The van der Waals surface area contributed by atoms with E-state index >= 15 is 0 Å². The molecule has 0 fully saturated rings. The van der Waals surface area contributed by atoms with Crippen LogP contribution in [0.15, 0.2) is 22.7 Å². The van der Waals surface area contributed by atoms with Gasteiger partial charge in [-0.15, -0.1) is 0 Å². The van der Waals surface area contributed by atoms with Gasteiger partial charge in [-0.2, -0.15) is 0 Å². The molecule has 0 heterocycles. The molecule has 0 aliphatic carbocycles. The molecule has 100 valence electrons. The number of aliphatic carboxylic acids is 1. The van der Waals surface area contributed by atoms with Crippen molar-refractivity contribution in [3.05, 3.63) is 34.1 Å². The highest BCUT2D eigenvalue weighted by Gasteiger charge is 2.18. The molecule has 0 saturated heterocycles. The van der Waals surface area contributed by atoms with E-state index in [1.165, 1.54) is 12.1 Å². The molecule has 0 aromatic heterocycles. The van der Waals surface area contributed by atoms with Crippen molar-refractivity contribution in [3.8, 4) is 0 Å². The average molecular weight is 318 g/mol. The highest BCUT2D eigenvalue weighted by molar-refractivity contribution is 9.10. The largest absolute Gasteiger partial charge is 0.480 e. The Hall–Kier alpha value is -0.940. The summed E-state index contributed by atoms with van der Waals surface area (Å²) in [5, 5.41) is 12.1. The maximum Gasteiger partial charge on any atom is 0.320 e. The van der Waals surface area contributed by atoms with Crippen molar-refractivity contribution in [2.24, 2.45) is 5.92 Å². The first-order valence-electron chi connectivity index (χ1n) is 5.80. The van der Waals surface area contributed by atoms with Crippen LogP contribution in [0.5, 0.6) is 0 Å². The lowest BCUT2D eigenvalue weighted by Crippen LogP contribution is -2.37. The minimum atomic E-state index is -0.859. The summed E-state index contributed by atoms with van der Waals surface area (Å²) in [6.07, 6.45) is 0.564. The molecule has 18 heavy (non-hydrogen) atoms. The van der Waals surface area contributed by atoms with Crippen molar-refractivity contribution in [2.45, 2.75) is 32.9 Å². The van der Waals surface area contributed by atoms with Crippen molar-refractivity contribution in [3.63, 3.8) is 0 Å². The van der Waals surface area contributed by atoms with E-state index in [1.807, 2.05) is 13.8 Å². The van der Waals surface area contributed by atoms with Gasteiger partial charge in [0.05, 0.1) is 0 Å². The van der Waals surface area contributed by atoms with E-state index in [2.05, 4.69) is 21.2 Å². The van der Waals surface area contributed by atoms with Crippen LogP contribution in [0.4, 0.5) is 4.39 Å². The van der Waals surface area contributed by atoms with Crippen LogP contribution in [0.3, 0.4) is 0 Å². The van der Waals surface area contributed by atoms with Gasteiger partial charge in [-0.25, -0.2) is 4.39 Å². The van der Waals surface area contributed by atoms with Crippen LogP contribution in [-0.2, 0) is 11.3 Å². The number of carboxylic acids is 1. The van der Waals surface area contributed by atoms with Gasteiger partial charge in [-0.1, -0.05) is 35.8 Å². The first-order valence-corrected chi connectivity index (χ1v) is 6.59. The first-order chi connectivity index (χ1) is 8.40. The minimum absolute atomic E-state index is 0.301. The van der Waals surface area contributed by atoms with Crippen molar-refractivity contribution in [1.29, 1.82) is 0 Å². The van der Waals surface area contributed by atoms with Gasteiger partial charge in [0.25, 0.3) is 0 Å². The lowest BCUT2D eigenvalue weighted by atomic mass is 10.0. The van der Waals surface area contributed by atoms with Crippen LogP contribution in [0.2, 0.25) is 0 Å². The third-order valence-corrected chi connectivity index (χ3v) is 3.30. The molecular formula is C13H17BrFNO2. The third kappa shape index (κ3) is 4.74. The predicted octanol–water partition coefficient (Wildman–Crippen LogP) is 3.18. The van der Waals surface area contributed by atoms with E-state index in [0.29, 0.717) is 23.4 Å². The predicted molar refractivity (Wildman–Crippen MR) is 71.8 cm³/mol. The van der Waals surface area contributed by atoms with E-state index < -0.39 is 12.0 Å². The summed E-state index contributed by atoms with van der Waals surface area (Å²) in [4.78, 5) is 11.1. The Kier molecular flexibility index (Phi) is 5.75. The fourth-order valence-corrected chi connectivity index (χ4v) is 2.13. The molecule has 0 amide bonds. The van der Waals surface area contributed by atoms with E-state index in [-0.39, 0.29) is 5.82 Å². The summed E-state index contributed by atoms with van der Waals surface area (Å²) in [7, 11) is 0. The van der Waals surface area contributed by atoms with Crippen molar-refractivity contribution in [1.82, 2.24) is 5.32 Å². The molecule has 1 rings (SSSR count). The van der Waals surface area contributed by atoms with Gasteiger partial charge in [-0.05, 0) is 30.0 Å². The number of halogens is 2. The fourth-order valence-electron chi connectivity index (χ4n) is 1.64. The molecule has 3 nitrogen and oxygen atoms in total. The Morgan fingerprint density at radius 3 is 2.67 bits per heavy atom. The molecule has 1 atom stereocenters. The molecule has 0 bridgehead atoms. The zero-order valence-electron chi connectivity index (χ0n) is 10.4. The zero-order chi connectivity index (χ0) is 13.7. The number of hydrogen-bond donors (Lipinski definition) is 2. The lowest BCUT2D eigenvalue weighted by molar-refractivity contribution is -0.140. The van der Waals surface area contributed by atoms with Crippen LogP contribution in [0.1, 0.15) is 25.8 Å². The highest BCUT2D eigenvalue weighted by Crippen LogP contribution is 2.18. The second-order valence-electron chi connectivity index (χ2n) is 4.64. The summed E-state index contributed by atoms with van der Waals surface area (Å²) >= 11 is 3.26. The number of nitrogens with one attached hydrogen (secondary N) is 1. The molecular weight excluding hydrogens is 301 g/mol. The molecule has 0 aliphatic heterocycles. The highest BCUT2D eigenvalue weighted by atomic mass is 79.9. The molecule has 1 aromatic rings. The molecule has 0 radical (unpaired) electrons. The van der Waals surface area contributed by atoms with Crippen molar-refractivity contribution < 1.29 is 14.3 Å². The molecule has 0 unspecified atom stereocenters. The van der Waals surface area contributed by atoms with E-state index in [4.69, 9.17) is 5.11 Å². The summed E-state index contributed by atoms with van der Waals surface area (Å²) < 4.78 is 13.5. The second kappa shape index (κ2) is 6.85. The number of carboxylic acid groups (broad SMARTS) is 1.